The zero-order chi connectivity index (χ0) is 24.0. The summed E-state index contributed by atoms with van der Waals surface area (Å²) in [5, 5.41) is 11.5. The molecule has 33 heavy (non-hydrogen) atoms. The second-order valence-corrected chi connectivity index (χ2v) is 8.83. The second kappa shape index (κ2) is 10.3. The van der Waals surface area contributed by atoms with Gasteiger partial charge in [0.25, 0.3) is 11.6 Å². The Kier molecular flexibility index (Phi) is 7.52. The molecule has 0 unspecified atom stereocenters. The minimum atomic E-state index is -4.28. The molecule has 0 atom stereocenters. The maximum atomic E-state index is 12.6. The van der Waals surface area contributed by atoms with Gasteiger partial charge in [-0.15, -0.1) is 0 Å². The number of ether oxygens (including phenoxy) is 1. The van der Waals surface area contributed by atoms with Crippen molar-refractivity contribution in [3.8, 4) is 11.5 Å². The normalized spacial score (nSPS) is 11.0. The molecule has 3 rings (SSSR count). The van der Waals surface area contributed by atoms with Crippen molar-refractivity contribution in [3.63, 3.8) is 0 Å². The summed E-state index contributed by atoms with van der Waals surface area (Å²) in [4.78, 5) is 23.9. The first-order valence-electron chi connectivity index (χ1n) is 9.58. The largest absolute Gasteiger partial charge is 0.492 e. The fourth-order valence-corrected chi connectivity index (χ4v) is 3.83. The van der Waals surface area contributed by atoms with E-state index in [0.717, 1.165) is 6.07 Å². The van der Waals surface area contributed by atoms with Crippen molar-refractivity contribution < 1.29 is 27.1 Å². The molecule has 0 aliphatic rings. The Labute approximate surface area is 195 Å². The molecular formula is C22H19ClN2O7S. The predicted octanol–water partition coefficient (Wildman–Crippen LogP) is 4.17. The lowest BCUT2D eigenvalue weighted by Crippen LogP contribution is -2.30. The van der Waals surface area contributed by atoms with E-state index in [4.69, 9.17) is 20.5 Å². The van der Waals surface area contributed by atoms with Gasteiger partial charge in [-0.1, -0.05) is 17.7 Å². The molecule has 0 heterocycles. The molecule has 11 heteroatoms. The maximum Gasteiger partial charge on any atom is 0.339 e. The first kappa shape index (κ1) is 24.0. The standard InChI is InChI=1S/C22H19ClN2O7S/c1-24(13-14-31-19-11-7-17(23)8-12-19)22(26)16-5-9-20(10-6-16)32-33(29,30)21-4-2-3-18(15-21)25(27)28/h2-12,15H,13-14H2,1H3. The Bertz CT molecular complexity index is 1250. The molecule has 0 aliphatic heterocycles. The Balaban J connectivity index is 1.59. The van der Waals surface area contributed by atoms with Crippen molar-refractivity contribution in [1.29, 1.82) is 0 Å². The summed E-state index contributed by atoms with van der Waals surface area (Å²) < 4.78 is 35.4. The van der Waals surface area contributed by atoms with Crippen LogP contribution in [0, 0.1) is 10.1 Å². The van der Waals surface area contributed by atoms with E-state index >= 15 is 0 Å². The zero-order valence-electron chi connectivity index (χ0n) is 17.4. The third kappa shape index (κ3) is 6.43. The lowest BCUT2D eigenvalue weighted by molar-refractivity contribution is -0.385. The molecule has 0 aliphatic carbocycles. The molecule has 3 aromatic rings. The van der Waals surface area contributed by atoms with Crippen LogP contribution in [0.2, 0.25) is 5.02 Å². The van der Waals surface area contributed by atoms with Gasteiger partial charge in [-0.25, -0.2) is 0 Å². The molecule has 0 radical (unpaired) electrons. The maximum absolute atomic E-state index is 12.6. The number of likely N-dealkylation sites (N-methyl/N-ethyl adjacent to an activating group) is 1. The van der Waals surface area contributed by atoms with Crippen molar-refractivity contribution in [1.82, 2.24) is 4.90 Å². The monoisotopic (exact) mass is 490 g/mol. The molecule has 0 saturated heterocycles. The van der Waals surface area contributed by atoms with Crippen LogP contribution in [0.15, 0.2) is 77.7 Å². The van der Waals surface area contributed by atoms with Gasteiger partial charge in [0.05, 0.1) is 11.5 Å². The Morgan fingerprint density at radius 3 is 2.30 bits per heavy atom. The van der Waals surface area contributed by atoms with Gasteiger partial charge in [0.1, 0.15) is 23.0 Å². The number of non-ortho nitro benzene ring substituents is 1. The van der Waals surface area contributed by atoms with Crippen LogP contribution in [0.25, 0.3) is 0 Å². The number of nitrogens with zero attached hydrogens (tertiary/aromatic N) is 2. The Hall–Kier alpha value is -3.63. The van der Waals surface area contributed by atoms with Crippen molar-refractivity contribution >= 4 is 33.3 Å². The number of halogens is 1. The average molecular weight is 491 g/mol. The van der Waals surface area contributed by atoms with Crippen LogP contribution in [0.1, 0.15) is 10.4 Å². The van der Waals surface area contributed by atoms with Crippen LogP contribution in [0.3, 0.4) is 0 Å². The van der Waals surface area contributed by atoms with Crippen molar-refractivity contribution in [2.24, 2.45) is 0 Å². The summed E-state index contributed by atoms with van der Waals surface area (Å²) in [5.74, 6) is 0.307. The fourth-order valence-electron chi connectivity index (χ4n) is 2.73. The number of rotatable bonds is 9. The van der Waals surface area contributed by atoms with Gasteiger partial charge in [0.15, 0.2) is 0 Å². The van der Waals surface area contributed by atoms with Gasteiger partial charge < -0.3 is 13.8 Å². The van der Waals surface area contributed by atoms with E-state index in [2.05, 4.69) is 0 Å². The highest BCUT2D eigenvalue weighted by atomic mass is 35.5. The van der Waals surface area contributed by atoms with Gasteiger partial charge in [-0.2, -0.15) is 8.42 Å². The summed E-state index contributed by atoms with van der Waals surface area (Å²) in [7, 11) is -2.67. The molecular weight excluding hydrogens is 472 g/mol. The van der Waals surface area contributed by atoms with Gasteiger partial charge in [-0.3, -0.25) is 14.9 Å². The smallest absolute Gasteiger partial charge is 0.339 e. The Morgan fingerprint density at radius 2 is 1.67 bits per heavy atom. The summed E-state index contributed by atoms with van der Waals surface area (Å²) >= 11 is 5.83. The van der Waals surface area contributed by atoms with E-state index in [1.165, 1.54) is 47.4 Å². The molecule has 0 N–H and O–H groups in total. The van der Waals surface area contributed by atoms with Crippen molar-refractivity contribution in [3.05, 3.63) is 93.5 Å². The minimum Gasteiger partial charge on any atom is -0.492 e. The molecule has 9 nitrogen and oxygen atoms in total. The molecule has 0 spiro atoms. The SMILES string of the molecule is CN(CCOc1ccc(Cl)cc1)C(=O)c1ccc(OS(=O)(=O)c2cccc([N+](=O)[O-])c2)cc1. The lowest BCUT2D eigenvalue weighted by atomic mass is 10.2. The minimum absolute atomic E-state index is 0.0354. The van der Waals surface area contributed by atoms with E-state index in [1.54, 1.807) is 31.3 Å². The fraction of sp³-hybridized carbons (Fsp3) is 0.136. The number of benzene rings is 3. The van der Waals surface area contributed by atoms with Crippen molar-refractivity contribution in [2.75, 3.05) is 20.2 Å². The topological polar surface area (TPSA) is 116 Å². The molecule has 0 bridgehead atoms. The average Bonchev–Trinajstić information content (AvgIpc) is 2.80. The van der Waals surface area contributed by atoms with Crippen LogP contribution >= 0.6 is 11.6 Å². The molecule has 1 amide bonds. The first-order valence-corrected chi connectivity index (χ1v) is 11.4. The highest BCUT2D eigenvalue weighted by Crippen LogP contribution is 2.23. The molecule has 0 fully saturated rings. The molecule has 3 aromatic carbocycles. The predicted molar refractivity (Wildman–Crippen MR) is 121 cm³/mol. The summed E-state index contributed by atoms with van der Waals surface area (Å²) in [6, 6.07) is 16.9. The number of carbonyl (C=O) groups excluding carboxylic acids is 1. The summed E-state index contributed by atoms with van der Waals surface area (Å²) in [6.45, 7) is 0.591. The van der Waals surface area contributed by atoms with Crippen LogP contribution in [-0.4, -0.2) is 44.3 Å². The van der Waals surface area contributed by atoms with Gasteiger partial charge in [-0.05, 0) is 54.6 Å². The van der Waals surface area contributed by atoms with Crippen LogP contribution in [0.4, 0.5) is 5.69 Å². The van der Waals surface area contributed by atoms with E-state index in [1.807, 2.05) is 0 Å². The number of nitro groups is 1. The number of nitro benzene ring substituents is 1. The molecule has 0 saturated carbocycles. The van der Waals surface area contributed by atoms with Crippen LogP contribution < -0.4 is 8.92 Å². The Morgan fingerprint density at radius 1 is 1.03 bits per heavy atom. The number of hydrogen-bond donors (Lipinski definition) is 0. The third-order valence-electron chi connectivity index (χ3n) is 4.48. The second-order valence-electron chi connectivity index (χ2n) is 6.85. The summed E-state index contributed by atoms with van der Waals surface area (Å²) in [5.41, 5.74) is -0.0483. The number of amides is 1. The quantitative estimate of drug-likeness (QED) is 0.251. The van der Waals surface area contributed by atoms with Crippen LogP contribution in [0.5, 0.6) is 11.5 Å². The van der Waals surface area contributed by atoms with Crippen molar-refractivity contribution in [2.45, 2.75) is 4.90 Å². The van der Waals surface area contributed by atoms with E-state index in [0.29, 0.717) is 22.9 Å². The highest BCUT2D eigenvalue weighted by molar-refractivity contribution is 7.87. The number of carbonyl (C=O) groups is 1. The van der Waals surface area contributed by atoms with E-state index in [-0.39, 0.29) is 28.8 Å². The molecule has 172 valence electrons. The van der Waals surface area contributed by atoms with Gasteiger partial charge >= 0.3 is 10.1 Å². The van der Waals surface area contributed by atoms with Gasteiger partial charge in [0, 0.05) is 29.8 Å². The zero-order valence-corrected chi connectivity index (χ0v) is 19.0. The third-order valence-corrected chi connectivity index (χ3v) is 5.98. The summed E-state index contributed by atoms with van der Waals surface area (Å²) in [6.07, 6.45) is 0. The molecule has 0 aromatic heterocycles. The highest BCUT2D eigenvalue weighted by Gasteiger charge is 2.20. The van der Waals surface area contributed by atoms with Gasteiger partial charge in [0.2, 0.25) is 0 Å². The first-order chi connectivity index (χ1) is 15.7. The number of hydrogen-bond acceptors (Lipinski definition) is 7. The van der Waals surface area contributed by atoms with E-state index < -0.39 is 15.0 Å². The lowest BCUT2D eigenvalue weighted by Gasteiger charge is -2.18. The van der Waals surface area contributed by atoms with E-state index in [9.17, 15) is 23.3 Å². The van der Waals surface area contributed by atoms with Crippen LogP contribution in [-0.2, 0) is 10.1 Å².